The number of ether oxygens (including phenoxy) is 5. The molecular weight excluding hydrogens is 512 g/mol. The fraction of sp³-hybridized carbons (Fsp3) is 0.679. The zero-order chi connectivity index (χ0) is 29.4. The van der Waals surface area contributed by atoms with Crippen molar-refractivity contribution >= 4 is 29.8 Å². The summed E-state index contributed by atoms with van der Waals surface area (Å²) in [6, 6.07) is 0. The van der Waals surface area contributed by atoms with Gasteiger partial charge in [-0.05, 0) is 32.4 Å². The van der Waals surface area contributed by atoms with E-state index in [0.29, 0.717) is 11.1 Å². The summed E-state index contributed by atoms with van der Waals surface area (Å²) in [5.41, 5.74) is -2.32. The summed E-state index contributed by atoms with van der Waals surface area (Å²) < 4.78 is 28.7. The quantitative estimate of drug-likeness (QED) is 0.312. The van der Waals surface area contributed by atoms with Gasteiger partial charge in [-0.3, -0.25) is 24.0 Å². The van der Waals surface area contributed by atoms with Gasteiger partial charge < -0.3 is 28.8 Å². The average Bonchev–Trinajstić information content (AvgIpc) is 3.01. The van der Waals surface area contributed by atoms with E-state index in [0.717, 1.165) is 0 Å². The number of fused-ring (bicyclic) bond motifs is 2. The van der Waals surface area contributed by atoms with Crippen LogP contribution < -0.4 is 0 Å². The highest BCUT2D eigenvalue weighted by atomic mass is 16.6. The van der Waals surface area contributed by atoms with Crippen LogP contribution >= 0.6 is 0 Å². The highest BCUT2D eigenvalue weighted by Crippen LogP contribution is 2.55. The molecule has 5 unspecified atom stereocenters. The van der Waals surface area contributed by atoms with E-state index in [-0.39, 0.29) is 12.8 Å². The molecular formula is C28H38O11. The summed E-state index contributed by atoms with van der Waals surface area (Å²) in [7, 11) is 0. The van der Waals surface area contributed by atoms with E-state index in [4.69, 9.17) is 23.7 Å². The molecule has 0 radical (unpaired) electrons. The van der Waals surface area contributed by atoms with Gasteiger partial charge in [-0.25, -0.2) is 0 Å². The van der Waals surface area contributed by atoms with Crippen LogP contribution in [0, 0.1) is 17.3 Å². The van der Waals surface area contributed by atoms with E-state index < -0.39 is 83.2 Å². The molecule has 0 aromatic carbocycles. The maximum Gasteiger partial charge on any atom is 0.312 e. The Morgan fingerprint density at radius 2 is 1.44 bits per heavy atom. The molecule has 0 aromatic rings. The predicted octanol–water partition coefficient (Wildman–Crippen LogP) is 2.33. The van der Waals surface area contributed by atoms with Gasteiger partial charge >= 0.3 is 29.8 Å². The van der Waals surface area contributed by atoms with Gasteiger partial charge in [0.1, 0.15) is 24.4 Å². The Bertz CT molecular complexity index is 1110. The Kier molecular flexibility index (Phi) is 8.64. The zero-order valence-electron chi connectivity index (χ0n) is 23.6. The van der Waals surface area contributed by atoms with Crippen LogP contribution in [0.2, 0.25) is 0 Å². The Hall–Kier alpha value is -3.21. The molecule has 1 N–H and O–H groups in total. The van der Waals surface area contributed by atoms with Gasteiger partial charge in [0.25, 0.3) is 0 Å². The zero-order valence-corrected chi connectivity index (χ0v) is 23.6. The van der Waals surface area contributed by atoms with Gasteiger partial charge in [0, 0.05) is 46.5 Å². The van der Waals surface area contributed by atoms with E-state index in [1.807, 2.05) is 0 Å². The first-order chi connectivity index (χ1) is 18.0. The number of hydrogen-bond donors (Lipinski definition) is 1. The maximum atomic E-state index is 12.9. The standard InChI is InChI=1S/C28H38O11/c1-13-9-10-21(36-17(5)30)27(8)22(37-18(6)31)12-20(35-16(4)29)14(2)11-23-28(34,15(3)26(33)39-23)25(24(13)27)38-19(7)32/h9,11,15,20-25,34H,10,12H2,1-8H3/b14-11-/t15?,20-,21?,22-,23?,24?,25-,27-,28?/m1/s1. The van der Waals surface area contributed by atoms with Gasteiger partial charge in [-0.1, -0.05) is 18.6 Å². The topological polar surface area (TPSA) is 152 Å². The monoisotopic (exact) mass is 550 g/mol. The van der Waals surface area contributed by atoms with Crippen molar-refractivity contribution in [3.8, 4) is 0 Å². The molecule has 216 valence electrons. The van der Waals surface area contributed by atoms with E-state index in [1.165, 1.54) is 40.7 Å². The molecule has 0 bridgehead atoms. The van der Waals surface area contributed by atoms with Gasteiger partial charge in [0.05, 0.1) is 11.3 Å². The largest absolute Gasteiger partial charge is 0.462 e. The van der Waals surface area contributed by atoms with Crippen molar-refractivity contribution in [2.45, 2.75) is 104 Å². The number of rotatable bonds is 4. The van der Waals surface area contributed by atoms with Crippen molar-refractivity contribution in [2.75, 3.05) is 0 Å². The fourth-order valence-electron chi connectivity index (χ4n) is 6.35. The number of carbonyl (C=O) groups excluding carboxylic acids is 5. The van der Waals surface area contributed by atoms with Crippen molar-refractivity contribution < 1.29 is 52.8 Å². The van der Waals surface area contributed by atoms with E-state index in [2.05, 4.69) is 0 Å². The van der Waals surface area contributed by atoms with Crippen LogP contribution in [-0.4, -0.2) is 71.1 Å². The van der Waals surface area contributed by atoms with Crippen molar-refractivity contribution in [3.63, 3.8) is 0 Å². The summed E-state index contributed by atoms with van der Waals surface area (Å²) in [4.78, 5) is 62.2. The summed E-state index contributed by atoms with van der Waals surface area (Å²) in [5, 5.41) is 12.4. The molecule has 1 aliphatic heterocycles. The third-order valence-electron chi connectivity index (χ3n) is 8.27. The first kappa shape index (κ1) is 30.3. The molecule has 2 aliphatic carbocycles. The molecule has 11 heteroatoms. The SMILES string of the molecule is CC(=O)OC1CC=C(C)C2[C@@H](OC(C)=O)C3(O)C(/C=C(/C)[C@H](OC(C)=O)C[C@@H](OC(C)=O)[C@@]12C)OC(=O)C3C. The summed E-state index contributed by atoms with van der Waals surface area (Å²) in [6.45, 7) is 11.5. The number of hydrogen-bond acceptors (Lipinski definition) is 11. The van der Waals surface area contributed by atoms with Crippen LogP contribution in [0.25, 0.3) is 0 Å². The van der Waals surface area contributed by atoms with Crippen molar-refractivity contribution in [1.29, 1.82) is 0 Å². The normalized spacial score (nSPS) is 39.4. The van der Waals surface area contributed by atoms with Crippen LogP contribution in [0.5, 0.6) is 0 Å². The Labute approximate surface area is 227 Å². The van der Waals surface area contributed by atoms with Gasteiger partial charge in [0.15, 0.2) is 11.7 Å². The first-order valence-electron chi connectivity index (χ1n) is 13.0. The lowest BCUT2D eigenvalue weighted by atomic mass is 9.56. The smallest absolute Gasteiger partial charge is 0.312 e. The van der Waals surface area contributed by atoms with Crippen LogP contribution in [0.4, 0.5) is 0 Å². The summed E-state index contributed by atoms with van der Waals surface area (Å²) in [5.74, 6) is -5.31. The lowest BCUT2D eigenvalue weighted by Crippen LogP contribution is -2.65. The molecule has 0 spiro atoms. The minimum absolute atomic E-state index is 0.0407. The molecule has 9 atom stereocenters. The van der Waals surface area contributed by atoms with Crippen LogP contribution in [-0.2, 0) is 47.7 Å². The van der Waals surface area contributed by atoms with Crippen molar-refractivity contribution in [3.05, 3.63) is 23.3 Å². The molecule has 3 rings (SSSR count). The third kappa shape index (κ3) is 5.59. The summed E-state index contributed by atoms with van der Waals surface area (Å²) in [6.07, 6.45) is -2.06. The molecule has 0 aromatic heterocycles. The lowest BCUT2D eigenvalue weighted by Gasteiger charge is -2.54. The molecule has 1 saturated heterocycles. The second kappa shape index (κ2) is 11.1. The molecule has 1 heterocycles. The second-order valence-corrected chi connectivity index (χ2v) is 11.0. The highest BCUT2D eigenvalue weighted by molar-refractivity contribution is 5.78. The Morgan fingerprint density at radius 3 is 1.97 bits per heavy atom. The second-order valence-electron chi connectivity index (χ2n) is 11.0. The lowest BCUT2D eigenvalue weighted by molar-refractivity contribution is -0.218. The minimum atomic E-state index is -2.08. The maximum absolute atomic E-state index is 12.9. The third-order valence-corrected chi connectivity index (χ3v) is 8.27. The van der Waals surface area contributed by atoms with E-state index >= 15 is 0 Å². The average molecular weight is 551 g/mol. The summed E-state index contributed by atoms with van der Waals surface area (Å²) >= 11 is 0. The highest BCUT2D eigenvalue weighted by Gasteiger charge is 2.67. The van der Waals surface area contributed by atoms with Gasteiger partial charge in [0.2, 0.25) is 0 Å². The fourth-order valence-corrected chi connectivity index (χ4v) is 6.35. The predicted molar refractivity (Wildman–Crippen MR) is 135 cm³/mol. The molecule has 1 fully saturated rings. The molecule has 3 aliphatic rings. The van der Waals surface area contributed by atoms with Gasteiger partial charge in [-0.2, -0.15) is 0 Å². The molecule has 39 heavy (non-hydrogen) atoms. The van der Waals surface area contributed by atoms with E-state index in [1.54, 1.807) is 26.8 Å². The number of aliphatic hydroxyl groups is 1. The molecule has 0 saturated carbocycles. The molecule has 0 amide bonds. The Morgan fingerprint density at radius 1 is 0.897 bits per heavy atom. The van der Waals surface area contributed by atoms with Crippen LogP contribution in [0.1, 0.15) is 68.2 Å². The van der Waals surface area contributed by atoms with Gasteiger partial charge in [-0.15, -0.1) is 0 Å². The Balaban J connectivity index is 2.42. The van der Waals surface area contributed by atoms with E-state index in [9.17, 15) is 29.1 Å². The van der Waals surface area contributed by atoms with Crippen molar-refractivity contribution in [1.82, 2.24) is 0 Å². The van der Waals surface area contributed by atoms with Crippen molar-refractivity contribution in [2.24, 2.45) is 17.3 Å². The first-order valence-corrected chi connectivity index (χ1v) is 13.0. The van der Waals surface area contributed by atoms with Crippen LogP contribution in [0.3, 0.4) is 0 Å². The van der Waals surface area contributed by atoms with Crippen LogP contribution in [0.15, 0.2) is 23.3 Å². The molecule has 11 nitrogen and oxygen atoms in total. The minimum Gasteiger partial charge on any atom is -0.462 e. The number of esters is 5. The number of carbonyl (C=O) groups is 5.